The van der Waals surface area contributed by atoms with Gasteiger partial charge in [0.15, 0.2) is 10.3 Å². The van der Waals surface area contributed by atoms with E-state index in [0.717, 1.165) is 57.1 Å². The number of nitrogens with one attached hydrogen (secondary N) is 3. The van der Waals surface area contributed by atoms with Crippen LogP contribution in [0, 0.1) is 10.9 Å². The summed E-state index contributed by atoms with van der Waals surface area (Å²) in [5, 5.41) is 5.57. The molecule has 1 aromatic heterocycles. The number of hydrogen-bond donors (Lipinski definition) is 4. The number of aromatic nitrogens is 1. The van der Waals surface area contributed by atoms with Gasteiger partial charge in [-0.25, -0.2) is 17.8 Å². The van der Waals surface area contributed by atoms with E-state index in [2.05, 4.69) is 15.6 Å². The van der Waals surface area contributed by atoms with Crippen LogP contribution in [-0.4, -0.2) is 38.6 Å². The second kappa shape index (κ2) is 9.73. The molecular formula is C18H24ClF2N5O2S2. The molecule has 0 unspecified atom stereocenters. The summed E-state index contributed by atoms with van der Waals surface area (Å²) in [6.45, 7) is 2.20. The average Bonchev–Trinajstić information content (AvgIpc) is 3.05. The first-order chi connectivity index (χ1) is 14.2. The molecule has 0 atom stereocenters. The minimum absolute atomic E-state index is 0.0477. The third-order valence-electron chi connectivity index (χ3n) is 4.93. The van der Waals surface area contributed by atoms with E-state index >= 15 is 0 Å². The summed E-state index contributed by atoms with van der Waals surface area (Å²) in [5.41, 5.74) is 6.40. The van der Waals surface area contributed by atoms with Crippen LogP contribution in [0.4, 0.5) is 19.6 Å². The molecule has 1 aromatic carbocycles. The van der Waals surface area contributed by atoms with E-state index in [1.54, 1.807) is 0 Å². The third-order valence-corrected chi connectivity index (χ3v) is 7.43. The summed E-state index contributed by atoms with van der Waals surface area (Å²) in [5.74, 6) is -0.971. The second-order valence-electron chi connectivity index (χ2n) is 7.36. The fraction of sp³-hybridized carbons (Fsp3) is 0.500. The van der Waals surface area contributed by atoms with Gasteiger partial charge >= 0.3 is 0 Å². The number of halogens is 3. The van der Waals surface area contributed by atoms with Gasteiger partial charge < -0.3 is 16.4 Å². The number of thiazole rings is 1. The number of unbranched alkanes of at least 4 members (excludes halogenated alkanes) is 1. The lowest BCUT2D eigenvalue weighted by Crippen LogP contribution is -2.54. The zero-order chi connectivity index (χ0) is 21.8. The molecule has 3 rings (SSSR count). The largest absolute Gasteiger partial charge is 0.384 e. The number of anilines is 2. The lowest BCUT2D eigenvalue weighted by molar-refractivity contribution is 0.239. The maximum Gasteiger partial charge on any atom is 0.266 e. The Bertz CT molecular complexity index is 983. The number of sulfonamides is 1. The SMILES string of the molecule is NC1(CNCCCCNc2cc(F)c(S(=O)(=O)Nc3ncc(F)s3)cc2Cl)CCC1. The molecule has 1 saturated carbocycles. The van der Waals surface area contributed by atoms with Crippen LogP contribution in [0.5, 0.6) is 0 Å². The molecule has 1 aliphatic rings. The highest BCUT2D eigenvalue weighted by Gasteiger charge is 2.31. The quantitative estimate of drug-likeness (QED) is 0.367. The Hall–Kier alpha value is -1.53. The zero-order valence-corrected chi connectivity index (χ0v) is 18.6. The fourth-order valence-corrected chi connectivity index (χ4v) is 5.25. The summed E-state index contributed by atoms with van der Waals surface area (Å²) in [4.78, 5) is 2.93. The first-order valence-corrected chi connectivity index (χ1v) is 12.2. The minimum atomic E-state index is -4.29. The Labute approximate surface area is 183 Å². The summed E-state index contributed by atoms with van der Waals surface area (Å²) in [6.07, 6.45) is 5.92. The molecule has 0 bridgehead atoms. The Morgan fingerprint density at radius 1 is 1.23 bits per heavy atom. The van der Waals surface area contributed by atoms with Crippen molar-refractivity contribution >= 4 is 43.8 Å². The third kappa shape index (κ3) is 6.01. The lowest BCUT2D eigenvalue weighted by atomic mass is 9.78. The van der Waals surface area contributed by atoms with Crippen LogP contribution in [0.3, 0.4) is 0 Å². The number of benzene rings is 1. The molecule has 0 radical (unpaired) electrons. The van der Waals surface area contributed by atoms with Crippen molar-refractivity contribution in [3.05, 3.63) is 34.3 Å². The van der Waals surface area contributed by atoms with E-state index < -0.39 is 25.9 Å². The normalized spacial score (nSPS) is 15.6. The second-order valence-corrected chi connectivity index (χ2v) is 10.4. The molecule has 166 valence electrons. The van der Waals surface area contributed by atoms with Crippen molar-refractivity contribution in [2.24, 2.45) is 5.73 Å². The van der Waals surface area contributed by atoms with Gasteiger partial charge in [0, 0.05) is 18.6 Å². The van der Waals surface area contributed by atoms with Gasteiger partial charge in [-0.15, -0.1) is 0 Å². The zero-order valence-electron chi connectivity index (χ0n) is 16.2. The van der Waals surface area contributed by atoms with Crippen molar-refractivity contribution in [2.75, 3.05) is 29.7 Å². The minimum Gasteiger partial charge on any atom is -0.384 e. The van der Waals surface area contributed by atoms with Gasteiger partial charge in [-0.05, 0) is 50.8 Å². The molecular weight excluding hydrogens is 456 g/mol. The average molecular weight is 480 g/mol. The van der Waals surface area contributed by atoms with Gasteiger partial charge in [-0.2, -0.15) is 4.39 Å². The molecule has 2 aromatic rings. The lowest BCUT2D eigenvalue weighted by Gasteiger charge is -2.38. The van der Waals surface area contributed by atoms with E-state index in [9.17, 15) is 17.2 Å². The molecule has 7 nitrogen and oxygen atoms in total. The van der Waals surface area contributed by atoms with Gasteiger partial charge in [0.2, 0.25) is 0 Å². The van der Waals surface area contributed by atoms with E-state index in [4.69, 9.17) is 17.3 Å². The maximum absolute atomic E-state index is 14.4. The van der Waals surface area contributed by atoms with Crippen molar-refractivity contribution < 1.29 is 17.2 Å². The molecule has 5 N–H and O–H groups in total. The van der Waals surface area contributed by atoms with Gasteiger partial charge in [0.25, 0.3) is 10.0 Å². The van der Waals surface area contributed by atoms with Crippen LogP contribution in [-0.2, 0) is 10.0 Å². The number of nitrogens with two attached hydrogens (primary N) is 1. The van der Waals surface area contributed by atoms with E-state index in [1.165, 1.54) is 6.42 Å². The maximum atomic E-state index is 14.4. The predicted molar refractivity (Wildman–Crippen MR) is 116 cm³/mol. The summed E-state index contributed by atoms with van der Waals surface area (Å²) in [7, 11) is -4.29. The van der Waals surface area contributed by atoms with Crippen LogP contribution in [0.1, 0.15) is 32.1 Å². The van der Waals surface area contributed by atoms with Crippen LogP contribution in [0.25, 0.3) is 0 Å². The molecule has 0 aliphatic heterocycles. The highest BCUT2D eigenvalue weighted by atomic mass is 35.5. The first kappa shape index (κ1) is 23.1. The predicted octanol–water partition coefficient (Wildman–Crippen LogP) is 3.54. The summed E-state index contributed by atoms with van der Waals surface area (Å²) < 4.78 is 54.2. The molecule has 1 heterocycles. The van der Waals surface area contributed by atoms with Crippen molar-refractivity contribution in [3.63, 3.8) is 0 Å². The van der Waals surface area contributed by atoms with E-state index in [-0.39, 0.29) is 15.7 Å². The summed E-state index contributed by atoms with van der Waals surface area (Å²) in [6, 6.07) is 2.05. The monoisotopic (exact) mass is 479 g/mol. The van der Waals surface area contributed by atoms with Crippen molar-refractivity contribution in [3.8, 4) is 0 Å². The number of rotatable bonds is 11. The van der Waals surface area contributed by atoms with Crippen LogP contribution >= 0.6 is 22.9 Å². The Morgan fingerprint density at radius 2 is 1.97 bits per heavy atom. The Balaban J connectivity index is 1.49. The summed E-state index contributed by atoms with van der Waals surface area (Å²) >= 11 is 6.63. The molecule has 0 amide bonds. The Morgan fingerprint density at radius 3 is 2.60 bits per heavy atom. The highest BCUT2D eigenvalue weighted by molar-refractivity contribution is 7.93. The molecule has 1 fully saturated rings. The molecule has 0 saturated heterocycles. The molecule has 1 aliphatic carbocycles. The van der Waals surface area contributed by atoms with Crippen LogP contribution < -0.4 is 21.1 Å². The smallest absolute Gasteiger partial charge is 0.266 e. The van der Waals surface area contributed by atoms with Gasteiger partial charge in [0.1, 0.15) is 10.7 Å². The van der Waals surface area contributed by atoms with E-state index in [1.807, 2.05) is 4.72 Å². The van der Waals surface area contributed by atoms with Crippen molar-refractivity contribution in [1.29, 1.82) is 0 Å². The van der Waals surface area contributed by atoms with Gasteiger partial charge in [-0.1, -0.05) is 22.9 Å². The molecule has 30 heavy (non-hydrogen) atoms. The molecule has 12 heteroatoms. The van der Waals surface area contributed by atoms with Gasteiger partial charge in [-0.3, -0.25) is 4.72 Å². The van der Waals surface area contributed by atoms with E-state index in [0.29, 0.717) is 23.6 Å². The number of nitrogens with zero attached hydrogens (tertiary/aromatic N) is 1. The topological polar surface area (TPSA) is 109 Å². The standard InChI is InChI=1S/C18H24ClF2N5O2S2/c19-12-8-15(30(27,28)26-17-25-10-16(21)29-17)13(20)9-14(12)24-7-2-1-6-23-11-18(22)4-3-5-18/h8-10,23-24H,1-7,11,22H2,(H,25,26). The van der Waals surface area contributed by atoms with Gasteiger partial charge in [0.05, 0.1) is 16.9 Å². The Kier molecular flexibility index (Phi) is 7.51. The highest BCUT2D eigenvalue weighted by Crippen LogP contribution is 2.30. The molecule has 0 spiro atoms. The van der Waals surface area contributed by atoms with Crippen LogP contribution in [0.15, 0.2) is 23.2 Å². The fourth-order valence-electron chi connectivity index (χ4n) is 3.08. The number of hydrogen-bond acceptors (Lipinski definition) is 7. The van der Waals surface area contributed by atoms with Crippen molar-refractivity contribution in [2.45, 2.75) is 42.5 Å². The van der Waals surface area contributed by atoms with Crippen molar-refractivity contribution in [1.82, 2.24) is 10.3 Å². The first-order valence-electron chi connectivity index (χ1n) is 9.55. The van der Waals surface area contributed by atoms with Crippen LogP contribution in [0.2, 0.25) is 5.02 Å².